The normalized spacial score (nSPS) is 15.9. The van der Waals surface area contributed by atoms with E-state index >= 15 is 0 Å². The third-order valence-electron chi connectivity index (χ3n) is 6.96. The predicted molar refractivity (Wildman–Crippen MR) is 147 cm³/mol. The number of likely N-dealkylation sites (tertiary alicyclic amines) is 1. The van der Waals surface area contributed by atoms with Crippen molar-refractivity contribution in [2.24, 2.45) is 5.73 Å². The minimum Gasteiger partial charge on any atom is -0.481 e. The number of hydrogen-bond donors (Lipinski definition) is 2. The maximum Gasteiger partial charge on any atom is 0.253 e. The first-order chi connectivity index (χ1) is 18.3. The molecule has 5 heterocycles. The number of nitrogens with two attached hydrogens (primary N) is 1. The van der Waals surface area contributed by atoms with E-state index in [1.807, 2.05) is 25.1 Å². The van der Waals surface area contributed by atoms with Crippen LogP contribution >= 0.6 is 11.3 Å². The molecule has 0 aromatic carbocycles. The molecule has 0 saturated carbocycles. The van der Waals surface area contributed by atoms with Gasteiger partial charge in [0.15, 0.2) is 0 Å². The van der Waals surface area contributed by atoms with Crippen LogP contribution in [0.15, 0.2) is 36.8 Å². The van der Waals surface area contributed by atoms with Crippen LogP contribution in [-0.4, -0.2) is 62.0 Å². The van der Waals surface area contributed by atoms with Gasteiger partial charge in [-0.25, -0.2) is 9.50 Å². The summed E-state index contributed by atoms with van der Waals surface area (Å²) in [5, 5.41) is 7.53. The number of hydrogen-bond acceptors (Lipinski definition) is 8. The fourth-order valence-corrected chi connectivity index (χ4v) is 6.41. The van der Waals surface area contributed by atoms with Gasteiger partial charge in [0.2, 0.25) is 11.8 Å². The van der Waals surface area contributed by atoms with Crippen LogP contribution in [0.5, 0.6) is 5.88 Å². The van der Waals surface area contributed by atoms with Crippen LogP contribution in [0.25, 0.3) is 26.5 Å². The van der Waals surface area contributed by atoms with Gasteiger partial charge in [0.05, 0.1) is 46.9 Å². The number of fused-ring (bicyclic) bond motifs is 1. The number of primary amides is 1. The molecule has 0 spiro atoms. The Morgan fingerprint density at radius 1 is 1.26 bits per heavy atom. The van der Waals surface area contributed by atoms with E-state index in [1.54, 1.807) is 24.0 Å². The van der Waals surface area contributed by atoms with Crippen molar-refractivity contribution in [3.05, 3.63) is 48.0 Å². The minimum absolute atomic E-state index is 0.0427. The van der Waals surface area contributed by atoms with Gasteiger partial charge in [-0.05, 0) is 58.4 Å². The molecule has 0 aliphatic carbocycles. The molecule has 11 heteroatoms. The zero-order valence-electron chi connectivity index (χ0n) is 21.9. The number of anilines is 1. The van der Waals surface area contributed by atoms with Crippen LogP contribution in [-0.2, 0) is 4.79 Å². The highest BCUT2D eigenvalue weighted by atomic mass is 32.1. The standard InChI is InChI=1S/C27H31N7O3S/c1-15(2)33-10-6-7-18(33)12-22(35)32-17-11-20(16(3)30-13-17)23-24(19-8-5-9-29-26(19)37-4)38-27-21(25(28)36)14-31-34(23)27/h5,8-9,11,13-15,18H,6-7,10,12H2,1-4H3,(H2,28,36)(H,32,35). The molecule has 3 N–H and O–H groups in total. The highest BCUT2D eigenvalue weighted by Gasteiger charge is 2.29. The molecule has 10 nitrogen and oxygen atoms in total. The van der Waals surface area contributed by atoms with Crippen LogP contribution in [0.4, 0.5) is 5.69 Å². The van der Waals surface area contributed by atoms with E-state index in [0.29, 0.717) is 40.1 Å². The van der Waals surface area contributed by atoms with E-state index in [1.165, 1.54) is 17.5 Å². The lowest BCUT2D eigenvalue weighted by Gasteiger charge is -2.27. The second-order valence-electron chi connectivity index (χ2n) is 9.72. The van der Waals surface area contributed by atoms with Crippen molar-refractivity contribution in [1.82, 2.24) is 24.5 Å². The van der Waals surface area contributed by atoms with Crippen molar-refractivity contribution in [3.63, 3.8) is 0 Å². The Kier molecular flexibility index (Phi) is 7.13. The first-order valence-corrected chi connectivity index (χ1v) is 13.4. The highest BCUT2D eigenvalue weighted by molar-refractivity contribution is 7.21. The molecule has 5 rings (SSSR count). The first-order valence-electron chi connectivity index (χ1n) is 12.6. The Balaban J connectivity index is 1.56. The summed E-state index contributed by atoms with van der Waals surface area (Å²) in [5.74, 6) is -0.158. The first kappa shape index (κ1) is 25.8. The number of nitrogens with zero attached hydrogens (tertiary/aromatic N) is 5. The predicted octanol–water partition coefficient (Wildman–Crippen LogP) is 4.14. The Morgan fingerprint density at radius 3 is 2.82 bits per heavy atom. The summed E-state index contributed by atoms with van der Waals surface area (Å²) in [6, 6.07) is 6.27. The van der Waals surface area contributed by atoms with Gasteiger partial charge in [-0.15, -0.1) is 11.3 Å². The van der Waals surface area contributed by atoms with Crippen LogP contribution < -0.4 is 15.8 Å². The fraction of sp³-hybridized carbons (Fsp3) is 0.370. The minimum atomic E-state index is -0.560. The topological polar surface area (TPSA) is 128 Å². The summed E-state index contributed by atoms with van der Waals surface area (Å²) in [6.45, 7) is 7.26. The average Bonchev–Trinajstić information content (AvgIpc) is 3.60. The molecule has 38 heavy (non-hydrogen) atoms. The van der Waals surface area contributed by atoms with Gasteiger partial charge in [0.1, 0.15) is 4.83 Å². The lowest BCUT2D eigenvalue weighted by Crippen LogP contribution is -2.37. The molecule has 198 valence electrons. The molecule has 2 amide bonds. The smallest absolute Gasteiger partial charge is 0.253 e. The Labute approximate surface area is 224 Å². The van der Waals surface area contributed by atoms with E-state index in [2.05, 4.69) is 39.1 Å². The van der Waals surface area contributed by atoms with Gasteiger partial charge in [0.25, 0.3) is 5.91 Å². The largest absolute Gasteiger partial charge is 0.481 e. The molecule has 1 atom stereocenters. The Hall–Kier alpha value is -3.83. The number of methoxy groups -OCH3 is 1. The molecule has 1 aliphatic heterocycles. The zero-order valence-corrected chi connectivity index (χ0v) is 22.7. The monoisotopic (exact) mass is 533 g/mol. The van der Waals surface area contributed by atoms with E-state index < -0.39 is 5.91 Å². The Morgan fingerprint density at radius 2 is 2.08 bits per heavy atom. The number of thiazole rings is 1. The summed E-state index contributed by atoms with van der Waals surface area (Å²) in [7, 11) is 1.56. The zero-order chi connectivity index (χ0) is 27.0. The van der Waals surface area contributed by atoms with E-state index in [-0.39, 0.29) is 11.9 Å². The van der Waals surface area contributed by atoms with Crippen molar-refractivity contribution >= 4 is 33.7 Å². The molecule has 4 aromatic rings. The Bertz CT molecular complexity index is 1510. The molecular formula is C27H31N7O3S. The lowest BCUT2D eigenvalue weighted by molar-refractivity contribution is -0.117. The summed E-state index contributed by atoms with van der Waals surface area (Å²) in [6.07, 6.45) is 7.36. The number of aromatic nitrogens is 4. The highest BCUT2D eigenvalue weighted by Crippen LogP contribution is 2.44. The number of carbonyl (C=O) groups is 2. The number of ether oxygens (including phenoxy) is 1. The van der Waals surface area contributed by atoms with Gasteiger partial charge in [-0.2, -0.15) is 5.10 Å². The van der Waals surface area contributed by atoms with Crippen molar-refractivity contribution in [1.29, 1.82) is 0 Å². The lowest BCUT2D eigenvalue weighted by atomic mass is 10.1. The summed E-state index contributed by atoms with van der Waals surface area (Å²) in [5.41, 5.74) is 9.52. The third kappa shape index (κ3) is 4.74. The fourth-order valence-electron chi connectivity index (χ4n) is 5.17. The second-order valence-corrected chi connectivity index (χ2v) is 10.7. The van der Waals surface area contributed by atoms with Crippen LogP contribution in [0, 0.1) is 6.92 Å². The molecule has 0 radical (unpaired) electrons. The van der Waals surface area contributed by atoms with Gasteiger partial charge in [-0.1, -0.05) is 0 Å². The number of aryl methyl sites for hydroxylation is 1. The van der Waals surface area contributed by atoms with Crippen molar-refractivity contribution in [3.8, 4) is 27.6 Å². The van der Waals surface area contributed by atoms with Gasteiger partial charge in [0, 0.05) is 36.0 Å². The maximum atomic E-state index is 13.0. The summed E-state index contributed by atoms with van der Waals surface area (Å²) in [4.78, 5) is 37.9. The number of rotatable bonds is 8. The van der Waals surface area contributed by atoms with Crippen molar-refractivity contribution in [2.75, 3.05) is 19.0 Å². The second kappa shape index (κ2) is 10.5. The molecular weight excluding hydrogens is 502 g/mol. The van der Waals surface area contributed by atoms with Gasteiger partial charge in [-0.3, -0.25) is 19.5 Å². The number of carbonyl (C=O) groups excluding carboxylic acids is 2. The molecule has 1 aliphatic rings. The third-order valence-corrected chi connectivity index (χ3v) is 8.16. The molecule has 4 aromatic heterocycles. The molecule has 1 fully saturated rings. The van der Waals surface area contributed by atoms with Crippen molar-refractivity contribution < 1.29 is 14.3 Å². The van der Waals surface area contributed by atoms with E-state index in [0.717, 1.165) is 41.1 Å². The van der Waals surface area contributed by atoms with Crippen LogP contribution in [0.2, 0.25) is 0 Å². The summed E-state index contributed by atoms with van der Waals surface area (Å²) < 4.78 is 7.23. The molecule has 0 bridgehead atoms. The molecule has 1 unspecified atom stereocenters. The van der Waals surface area contributed by atoms with E-state index in [4.69, 9.17) is 10.5 Å². The maximum absolute atomic E-state index is 13.0. The quantitative estimate of drug-likeness (QED) is 0.348. The summed E-state index contributed by atoms with van der Waals surface area (Å²) >= 11 is 1.37. The SMILES string of the molecule is COc1ncccc1-c1sc2c(C(N)=O)cnn2c1-c1cc(NC(=O)CC2CCCN2C(C)C)cnc1C. The number of pyridine rings is 2. The van der Waals surface area contributed by atoms with Crippen LogP contribution in [0.1, 0.15) is 49.2 Å². The average molecular weight is 534 g/mol. The number of nitrogens with one attached hydrogen (secondary N) is 1. The van der Waals surface area contributed by atoms with Crippen molar-refractivity contribution in [2.45, 2.75) is 52.1 Å². The molecule has 1 saturated heterocycles. The van der Waals surface area contributed by atoms with Crippen LogP contribution in [0.3, 0.4) is 0 Å². The van der Waals surface area contributed by atoms with E-state index in [9.17, 15) is 9.59 Å². The van der Waals surface area contributed by atoms with Gasteiger partial charge >= 0.3 is 0 Å². The number of amides is 2. The van der Waals surface area contributed by atoms with Gasteiger partial charge < -0.3 is 15.8 Å².